The Kier molecular flexibility index (Phi) is 4.60. The molecular weight excluding hydrogens is 173 g/mol. The summed E-state index contributed by atoms with van der Waals surface area (Å²) in [6.45, 7) is 2.52. The number of hydrazine groups is 1. The number of hydrogen-bond donors (Lipinski definition) is 2. The van der Waals surface area contributed by atoms with Crippen LogP contribution in [0.4, 0.5) is 0 Å². The van der Waals surface area contributed by atoms with Crippen molar-refractivity contribution in [1.29, 1.82) is 0 Å². The van der Waals surface area contributed by atoms with Crippen molar-refractivity contribution in [2.45, 2.75) is 6.92 Å². The monoisotopic (exact) mass is 183 g/mol. The van der Waals surface area contributed by atoms with Gasteiger partial charge in [0.25, 0.3) is 0 Å². The molecular formula is C5H11Cl2N3. The van der Waals surface area contributed by atoms with Crippen LogP contribution in [0.25, 0.3) is 0 Å². The van der Waals surface area contributed by atoms with Gasteiger partial charge in [0.15, 0.2) is 0 Å². The largest absolute Gasteiger partial charge is 0.388 e. The first-order valence-corrected chi connectivity index (χ1v) is 3.77. The molecule has 10 heavy (non-hydrogen) atoms. The number of hydrogen-bond acceptors (Lipinski definition) is 3. The van der Waals surface area contributed by atoms with Crippen LogP contribution in [0.5, 0.6) is 0 Å². The van der Waals surface area contributed by atoms with Crippen LogP contribution >= 0.6 is 23.2 Å². The highest BCUT2D eigenvalue weighted by Crippen LogP contribution is 2.07. The van der Waals surface area contributed by atoms with E-state index in [0.717, 1.165) is 0 Å². The molecule has 0 heterocycles. The van der Waals surface area contributed by atoms with E-state index in [1.807, 2.05) is 6.92 Å². The Bertz CT molecular complexity index is 131. The van der Waals surface area contributed by atoms with E-state index in [4.69, 9.17) is 34.8 Å². The van der Waals surface area contributed by atoms with E-state index in [1.54, 1.807) is 0 Å². The summed E-state index contributed by atoms with van der Waals surface area (Å²) in [6, 6.07) is 0. The van der Waals surface area contributed by atoms with Gasteiger partial charge in [0.2, 0.25) is 0 Å². The number of nitrogens with two attached hydrogens (primary N) is 2. The van der Waals surface area contributed by atoms with Gasteiger partial charge in [-0.3, -0.25) is 0 Å². The third-order valence-electron chi connectivity index (χ3n) is 1.09. The van der Waals surface area contributed by atoms with Crippen molar-refractivity contribution in [3.05, 3.63) is 10.9 Å². The lowest BCUT2D eigenvalue weighted by atomic mass is 10.5. The fraction of sp³-hybridized carbons (Fsp3) is 0.600. The average molecular weight is 184 g/mol. The summed E-state index contributed by atoms with van der Waals surface area (Å²) in [5.41, 5.74) is 5.82. The summed E-state index contributed by atoms with van der Waals surface area (Å²) >= 11 is 11.0. The van der Waals surface area contributed by atoms with Gasteiger partial charge in [0.05, 0.1) is 11.6 Å². The maximum atomic E-state index is 5.49. The molecule has 0 saturated carbocycles. The van der Waals surface area contributed by atoms with Crippen LogP contribution in [-0.2, 0) is 0 Å². The first kappa shape index (κ1) is 9.88. The highest BCUT2D eigenvalue weighted by molar-refractivity contribution is 6.30. The third kappa shape index (κ3) is 2.64. The van der Waals surface area contributed by atoms with E-state index in [0.29, 0.717) is 12.2 Å². The molecule has 4 N–H and O–H groups in total. The van der Waals surface area contributed by atoms with Gasteiger partial charge in [-0.05, 0) is 6.92 Å². The minimum atomic E-state index is 0.152. The van der Waals surface area contributed by atoms with Gasteiger partial charge in [-0.2, -0.15) is 0 Å². The average Bonchev–Trinajstić information content (AvgIpc) is 1.88. The van der Waals surface area contributed by atoms with Gasteiger partial charge in [0.1, 0.15) is 5.16 Å². The Balaban J connectivity index is 4.21. The summed E-state index contributed by atoms with van der Waals surface area (Å²) < 4.78 is 0. The summed E-state index contributed by atoms with van der Waals surface area (Å²) in [7, 11) is 0. The van der Waals surface area contributed by atoms with Gasteiger partial charge in [-0.15, -0.1) is 11.6 Å². The molecule has 0 spiro atoms. The number of alkyl halides is 1. The minimum absolute atomic E-state index is 0.152. The molecule has 60 valence electrons. The predicted molar refractivity (Wildman–Crippen MR) is 44.4 cm³/mol. The highest BCUT2D eigenvalue weighted by Gasteiger charge is 2.04. The van der Waals surface area contributed by atoms with Gasteiger partial charge >= 0.3 is 0 Å². The fourth-order valence-corrected chi connectivity index (χ4v) is 1.01. The van der Waals surface area contributed by atoms with E-state index in [2.05, 4.69) is 0 Å². The maximum Gasteiger partial charge on any atom is 0.121 e. The topological polar surface area (TPSA) is 55.3 Å². The standard InChI is InChI=1S/C5H11Cl2N3/c1-2-10(9)4(3-6)5(7)8/h2-3,8-9H2,1H3/b5-4-. The van der Waals surface area contributed by atoms with Gasteiger partial charge < -0.3 is 10.7 Å². The van der Waals surface area contributed by atoms with E-state index in [-0.39, 0.29) is 11.0 Å². The van der Waals surface area contributed by atoms with E-state index >= 15 is 0 Å². The first-order chi connectivity index (χ1) is 4.63. The summed E-state index contributed by atoms with van der Waals surface area (Å²) in [5.74, 6) is 5.69. The van der Waals surface area contributed by atoms with Gasteiger partial charge in [-0.25, -0.2) is 5.84 Å². The highest BCUT2D eigenvalue weighted by atomic mass is 35.5. The van der Waals surface area contributed by atoms with Gasteiger partial charge in [-0.1, -0.05) is 11.6 Å². The molecule has 5 heteroatoms. The Morgan fingerprint density at radius 1 is 1.60 bits per heavy atom. The summed E-state index contributed by atoms with van der Waals surface area (Å²) in [5, 5.41) is 1.56. The van der Waals surface area contributed by atoms with Crippen molar-refractivity contribution < 1.29 is 0 Å². The molecule has 0 saturated heterocycles. The lowest BCUT2D eigenvalue weighted by molar-refractivity contribution is 0.379. The van der Waals surface area contributed by atoms with Crippen molar-refractivity contribution >= 4 is 23.2 Å². The summed E-state index contributed by atoms with van der Waals surface area (Å²) in [6.07, 6.45) is 0. The Hall–Kier alpha value is -0.120. The lowest BCUT2D eigenvalue weighted by Gasteiger charge is -2.18. The smallest absolute Gasteiger partial charge is 0.121 e. The minimum Gasteiger partial charge on any atom is -0.388 e. The van der Waals surface area contributed by atoms with E-state index in [1.165, 1.54) is 5.01 Å². The second-order valence-corrected chi connectivity index (χ2v) is 2.39. The summed E-state index contributed by atoms with van der Waals surface area (Å²) in [4.78, 5) is 0. The van der Waals surface area contributed by atoms with Crippen LogP contribution in [-0.4, -0.2) is 17.4 Å². The normalized spacial score (nSPS) is 12.8. The molecule has 0 unspecified atom stereocenters. The second-order valence-electron chi connectivity index (χ2n) is 1.71. The quantitative estimate of drug-likeness (QED) is 0.295. The van der Waals surface area contributed by atoms with Crippen molar-refractivity contribution in [3.8, 4) is 0 Å². The molecule has 0 aliphatic rings. The molecule has 0 rings (SSSR count). The zero-order valence-electron chi connectivity index (χ0n) is 5.77. The lowest BCUT2D eigenvalue weighted by Crippen LogP contribution is -2.32. The number of nitrogens with zero attached hydrogens (tertiary/aromatic N) is 1. The maximum absolute atomic E-state index is 5.49. The van der Waals surface area contributed by atoms with Crippen LogP contribution in [0.3, 0.4) is 0 Å². The second kappa shape index (κ2) is 4.66. The van der Waals surface area contributed by atoms with Crippen LogP contribution in [0.1, 0.15) is 6.92 Å². The Morgan fingerprint density at radius 3 is 2.20 bits per heavy atom. The zero-order valence-corrected chi connectivity index (χ0v) is 7.28. The van der Waals surface area contributed by atoms with Crippen LogP contribution < -0.4 is 11.6 Å². The fourth-order valence-electron chi connectivity index (χ4n) is 0.469. The molecule has 0 aromatic carbocycles. The number of allylic oxidation sites excluding steroid dienone is 1. The number of halogens is 2. The Morgan fingerprint density at radius 2 is 2.10 bits per heavy atom. The molecule has 0 aromatic rings. The van der Waals surface area contributed by atoms with E-state index < -0.39 is 0 Å². The Labute approximate surface area is 70.5 Å². The SMILES string of the molecule is CCN(N)/C(CCl)=C(\N)Cl. The van der Waals surface area contributed by atoms with Crippen LogP contribution in [0, 0.1) is 0 Å². The van der Waals surface area contributed by atoms with Crippen molar-refractivity contribution in [2.75, 3.05) is 12.4 Å². The van der Waals surface area contributed by atoms with Crippen molar-refractivity contribution in [1.82, 2.24) is 5.01 Å². The molecule has 3 nitrogen and oxygen atoms in total. The zero-order chi connectivity index (χ0) is 8.15. The van der Waals surface area contributed by atoms with E-state index in [9.17, 15) is 0 Å². The molecule has 0 aliphatic carbocycles. The van der Waals surface area contributed by atoms with Crippen LogP contribution in [0.15, 0.2) is 10.9 Å². The van der Waals surface area contributed by atoms with Crippen molar-refractivity contribution in [2.24, 2.45) is 11.6 Å². The predicted octanol–water partition coefficient (Wildman–Crippen LogP) is 0.787. The molecule has 0 radical (unpaired) electrons. The molecule has 0 fully saturated rings. The van der Waals surface area contributed by atoms with Crippen LogP contribution in [0.2, 0.25) is 0 Å². The van der Waals surface area contributed by atoms with Crippen molar-refractivity contribution in [3.63, 3.8) is 0 Å². The molecule has 0 aliphatic heterocycles. The molecule has 0 aromatic heterocycles. The molecule has 0 atom stereocenters. The number of rotatable bonds is 3. The third-order valence-corrected chi connectivity index (χ3v) is 1.56. The van der Waals surface area contributed by atoms with Gasteiger partial charge in [0, 0.05) is 6.54 Å². The molecule has 0 amide bonds. The molecule has 0 bridgehead atoms. The first-order valence-electron chi connectivity index (χ1n) is 2.85.